The van der Waals surface area contributed by atoms with Crippen molar-refractivity contribution in [2.75, 3.05) is 61.0 Å². The summed E-state index contributed by atoms with van der Waals surface area (Å²) < 4.78 is 12.4. The molecule has 4 atom stereocenters. The Kier molecular flexibility index (Phi) is 5.98. The Morgan fingerprint density at radius 2 is 1.93 bits per heavy atom. The summed E-state index contributed by atoms with van der Waals surface area (Å²) in [6.45, 7) is 6.29. The van der Waals surface area contributed by atoms with Crippen LogP contribution in [0.2, 0.25) is 0 Å². The molecule has 3 aliphatic heterocycles. The smallest absolute Gasteiger partial charge is 0.119 e. The van der Waals surface area contributed by atoms with Crippen molar-refractivity contribution >= 4 is 0 Å². The number of hydrogen-bond donors (Lipinski definition) is 0. The molecule has 28 heavy (non-hydrogen) atoms. The molecular weight excluding hydrogens is 350 g/mol. The lowest BCUT2D eigenvalue weighted by atomic mass is 9.73. The van der Waals surface area contributed by atoms with E-state index in [2.05, 4.69) is 67.2 Å². The van der Waals surface area contributed by atoms with Gasteiger partial charge in [-0.25, -0.2) is 0 Å². The number of ether oxygens (including phenoxy) is 2. The van der Waals surface area contributed by atoms with Gasteiger partial charge in [-0.1, -0.05) is 12.1 Å². The molecule has 0 unspecified atom stereocenters. The molecule has 3 aliphatic rings. The van der Waals surface area contributed by atoms with Crippen molar-refractivity contribution in [2.45, 2.75) is 37.5 Å². The first-order chi connectivity index (χ1) is 13.4. The number of rotatable bonds is 9. The van der Waals surface area contributed by atoms with Crippen LogP contribution in [-0.2, 0) is 11.3 Å². The Labute approximate surface area is 170 Å². The van der Waals surface area contributed by atoms with Gasteiger partial charge in [0.1, 0.15) is 5.75 Å². The summed E-state index contributed by atoms with van der Waals surface area (Å²) in [5, 5.41) is 0. The molecule has 0 aromatic heterocycles. The molecule has 5 heteroatoms. The maximum Gasteiger partial charge on any atom is 0.119 e. The third-order valence-corrected chi connectivity index (χ3v) is 6.78. The van der Waals surface area contributed by atoms with Gasteiger partial charge in [0.15, 0.2) is 0 Å². The molecule has 3 saturated heterocycles. The SMILES string of the molecule is CN(C)CCCOc1ccc(CN2C[C@@H]3[C@H](CN(C)C)[C@H]4CC[C@]3(C2)O4)cc1. The first-order valence-corrected chi connectivity index (χ1v) is 10.9. The van der Waals surface area contributed by atoms with Crippen molar-refractivity contribution < 1.29 is 9.47 Å². The molecule has 5 nitrogen and oxygen atoms in total. The molecule has 1 aromatic carbocycles. The molecule has 156 valence electrons. The minimum absolute atomic E-state index is 0.140. The first-order valence-electron chi connectivity index (χ1n) is 10.9. The Morgan fingerprint density at radius 3 is 2.64 bits per heavy atom. The van der Waals surface area contributed by atoms with E-state index in [4.69, 9.17) is 9.47 Å². The summed E-state index contributed by atoms with van der Waals surface area (Å²) in [4.78, 5) is 7.14. The first kappa shape index (κ1) is 20.1. The van der Waals surface area contributed by atoms with Gasteiger partial charge in [-0.3, -0.25) is 4.90 Å². The molecule has 4 rings (SSSR count). The highest BCUT2D eigenvalue weighted by atomic mass is 16.5. The summed E-state index contributed by atoms with van der Waals surface area (Å²) >= 11 is 0. The highest BCUT2D eigenvalue weighted by Gasteiger charge is 2.62. The van der Waals surface area contributed by atoms with Crippen molar-refractivity contribution in [2.24, 2.45) is 11.8 Å². The van der Waals surface area contributed by atoms with Crippen molar-refractivity contribution in [3.63, 3.8) is 0 Å². The molecule has 0 amide bonds. The minimum atomic E-state index is 0.140. The van der Waals surface area contributed by atoms with Gasteiger partial charge in [-0.15, -0.1) is 0 Å². The Bertz CT molecular complexity index is 648. The molecule has 3 heterocycles. The average Bonchev–Trinajstić information content (AvgIpc) is 3.29. The van der Waals surface area contributed by atoms with Crippen LogP contribution in [0.5, 0.6) is 5.75 Å². The second-order valence-corrected chi connectivity index (χ2v) is 9.61. The van der Waals surface area contributed by atoms with Crippen LogP contribution in [-0.4, -0.2) is 87.4 Å². The zero-order valence-corrected chi connectivity index (χ0v) is 18.1. The quantitative estimate of drug-likeness (QED) is 0.607. The lowest BCUT2D eigenvalue weighted by molar-refractivity contribution is 0.00145. The molecule has 0 aliphatic carbocycles. The number of fused-ring (bicyclic) bond motifs is 1. The van der Waals surface area contributed by atoms with E-state index in [0.717, 1.165) is 45.0 Å². The van der Waals surface area contributed by atoms with Gasteiger partial charge in [0.2, 0.25) is 0 Å². The van der Waals surface area contributed by atoms with E-state index in [0.29, 0.717) is 17.9 Å². The average molecular weight is 388 g/mol. The van der Waals surface area contributed by atoms with Gasteiger partial charge in [-0.2, -0.15) is 0 Å². The fourth-order valence-corrected chi connectivity index (χ4v) is 5.59. The van der Waals surface area contributed by atoms with Gasteiger partial charge in [0.05, 0.1) is 18.3 Å². The minimum Gasteiger partial charge on any atom is -0.494 e. The lowest BCUT2D eigenvalue weighted by Gasteiger charge is -2.31. The molecule has 0 saturated carbocycles. The predicted molar refractivity (Wildman–Crippen MR) is 113 cm³/mol. The van der Waals surface area contributed by atoms with Crippen molar-refractivity contribution in [1.29, 1.82) is 0 Å². The second-order valence-electron chi connectivity index (χ2n) is 9.61. The molecule has 3 fully saturated rings. The molecule has 2 bridgehead atoms. The van der Waals surface area contributed by atoms with Gasteiger partial charge in [0.25, 0.3) is 0 Å². The monoisotopic (exact) mass is 387 g/mol. The van der Waals surface area contributed by atoms with Crippen LogP contribution in [0.4, 0.5) is 0 Å². The van der Waals surface area contributed by atoms with Crippen LogP contribution in [0.15, 0.2) is 24.3 Å². The van der Waals surface area contributed by atoms with Crippen LogP contribution in [0.3, 0.4) is 0 Å². The Balaban J connectivity index is 1.30. The standard InChI is InChI=1S/C23H37N3O2/c1-24(2)12-5-13-27-19-8-6-18(7-9-19)14-26-16-21-20(15-25(3)4)22-10-11-23(21,17-26)28-22/h6-9,20-22H,5,10-17H2,1-4H3/t20-,21+,22+,23+/m0/s1. The topological polar surface area (TPSA) is 28.2 Å². The maximum atomic E-state index is 6.56. The van der Waals surface area contributed by atoms with Gasteiger partial charge in [-0.05, 0) is 65.1 Å². The van der Waals surface area contributed by atoms with Gasteiger partial charge >= 0.3 is 0 Å². The fourth-order valence-electron chi connectivity index (χ4n) is 5.59. The lowest BCUT2D eigenvalue weighted by Crippen LogP contribution is -2.40. The normalized spacial score (nSPS) is 31.9. The van der Waals surface area contributed by atoms with E-state index >= 15 is 0 Å². The fraction of sp³-hybridized carbons (Fsp3) is 0.739. The maximum absolute atomic E-state index is 6.56. The molecular formula is C23H37N3O2. The number of benzene rings is 1. The van der Waals surface area contributed by atoms with Crippen LogP contribution < -0.4 is 4.74 Å². The summed E-state index contributed by atoms with van der Waals surface area (Å²) in [5.74, 6) is 2.38. The van der Waals surface area contributed by atoms with Crippen molar-refractivity contribution in [3.8, 4) is 5.75 Å². The van der Waals surface area contributed by atoms with E-state index in [1.807, 2.05) is 0 Å². The zero-order chi connectivity index (χ0) is 19.7. The van der Waals surface area contributed by atoms with E-state index in [9.17, 15) is 0 Å². The molecule has 1 aromatic rings. The predicted octanol–water partition coefficient (Wildman–Crippen LogP) is 2.56. The number of likely N-dealkylation sites (tertiary alicyclic amines) is 1. The number of nitrogens with zero attached hydrogens (tertiary/aromatic N) is 3. The highest BCUT2D eigenvalue weighted by Crippen LogP contribution is 2.55. The second kappa shape index (κ2) is 8.31. The Hall–Kier alpha value is -1.14. The third kappa shape index (κ3) is 4.23. The summed E-state index contributed by atoms with van der Waals surface area (Å²) in [6.07, 6.45) is 4.06. The number of hydrogen-bond acceptors (Lipinski definition) is 5. The summed E-state index contributed by atoms with van der Waals surface area (Å²) in [7, 11) is 8.58. The van der Waals surface area contributed by atoms with Gasteiger partial charge < -0.3 is 19.3 Å². The van der Waals surface area contributed by atoms with E-state index in [1.54, 1.807) is 0 Å². The van der Waals surface area contributed by atoms with Crippen molar-refractivity contribution in [1.82, 2.24) is 14.7 Å². The molecule has 0 radical (unpaired) electrons. The molecule has 1 spiro atoms. The third-order valence-electron chi connectivity index (χ3n) is 6.78. The van der Waals surface area contributed by atoms with Crippen LogP contribution in [0.25, 0.3) is 0 Å². The zero-order valence-electron chi connectivity index (χ0n) is 18.1. The molecule has 0 N–H and O–H groups in total. The summed E-state index contributed by atoms with van der Waals surface area (Å²) in [5.41, 5.74) is 1.51. The van der Waals surface area contributed by atoms with Crippen LogP contribution >= 0.6 is 0 Å². The van der Waals surface area contributed by atoms with Gasteiger partial charge in [0, 0.05) is 44.6 Å². The highest BCUT2D eigenvalue weighted by molar-refractivity contribution is 5.27. The largest absolute Gasteiger partial charge is 0.494 e. The van der Waals surface area contributed by atoms with E-state index in [-0.39, 0.29) is 5.60 Å². The summed E-state index contributed by atoms with van der Waals surface area (Å²) in [6, 6.07) is 8.69. The van der Waals surface area contributed by atoms with Crippen molar-refractivity contribution in [3.05, 3.63) is 29.8 Å². The Morgan fingerprint density at radius 1 is 1.14 bits per heavy atom. The van der Waals surface area contributed by atoms with Crippen LogP contribution in [0.1, 0.15) is 24.8 Å². The van der Waals surface area contributed by atoms with E-state index in [1.165, 1.54) is 24.9 Å². The van der Waals surface area contributed by atoms with Crippen LogP contribution in [0, 0.1) is 11.8 Å². The van der Waals surface area contributed by atoms with E-state index < -0.39 is 0 Å².